The third-order valence-electron chi connectivity index (χ3n) is 3.15. The van der Waals surface area contributed by atoms with Crippen molar-refractivity contribution in [2.45, 2.75) is 38.6 Å². The second-order valence-electron chi connectivity index (χ2n) is 4.55. The Morgan fingerprint density at radius 2 is 2.44 bits per heavy atom. The summed E-state index contributed by atoms with van der Waals surface area (Å²) in [6, 6.07) is 2.05. The first kappa shape index (κ1) is 11.3. The highest BCUT2D eigenvalue weighted by atomic mass is 16.1. The predicted octanol–water partition coefficient (Wildman–Crippen LogP) is 0.982. The summed E-state index contributed by atoms with van der Waals surface area (Å²) in [7, 11) is 1.89. The largest absolute Gasteiger partial charge is 0.307 e. The molecular formula is C12H19N3O. The van der Waals surface area contributed by atoms with Crippen LogP contribution in [0, 0.1) is 6.92 Å². The van der Waals surface area contributed by atoms with Crippen LogP contribution in [-0.2, 0) is 18.3 Å². The molecule has 1 aromatic heterocycles. The maximum absolute atomic E-state index is 12.0. The molecule has 1 fully saturated rings. The Balaban J connectivity index is 1.98. The average Bonchev–Trinajstić information content (AvgIpc) is 2.59. The fourth-order valence-electron chi connectivity index (χ4n) is 2.26. The fraction of sp³-hybridized carbons (Fsp3) is 0.667. The van der Waals surface area contributed by atoms with E-state index in [0.29, 0.717) is 12.2 Å². The Morgan fingerprint density at radius 1 is 1.62 bits per heavy atom. The van der Waals surface area contributed by atoms with Gasteiger partial charge in [-0.25, -0.2) is 0 Å². The molecule has 16 heavy (non-hydrogen) atoms. The molecule has 2 heterocycles. The van der Waals surface area contributed by atoms with Gasteiger partial charge in [0.25, 0.3) is 0 Å². The number of aromatic nitrogens is 2. The van der Waals surface area contributed by atoms with Crippen molar-refractivity contribution in [2.75, 3.05) is 6.54 Å². The second kappa shape index (κ2) is 4.78. The van der Waals surface area contributed by atoms with Gasteiger partial charge in [-0.05, 0) is 32.4 Å². The van der Waals surface area contributed by atoms with Gasteiger partial charge in [0.05, 0.1) is 11.7 Å². The van der Waals surface area contributed by atoms with Gasteiger partial charge >= 0.3 is 0 Å². The molecule has 1 unspecified atom stereocenters. The van der Waals surface area contributed by atoms with Gasteiger partial charge < -0.3 is 5.32 Å². The maximum Gasteiger partial charge on any atom is 0.155 e. The Bertz CT molecular complexity index is 378. The highest BCUT2D eigenvalue weighted by molar-refractivity contribution is 5.85. The van der Waals surface area contributed by atoms with Crippen LogP contribution in [0.25, 0.3) is 0 Å². The molecular weight excluding hydrogens is 202 g/mol. The second-order valence-corrected chi connectivity index (χ2v) is 4.55. The normalized spacial score (nSPS) is 21.0. The highest BCUT2D eigenvalue weighted by Gasteiger charge is 2.21. The fourth-order valence-corrected chi connectivity index (χ4v) is 2.26. The lowest BCUT2D eigenvalue weighted by atomic mass is 9.98. The lowest BCUT2D eigenvalue weighted by Gasteiger charge is -2.22. The highest BCUT2D eigenvalue weighted by Crippen LogP contribution is 2.11. The minimum atomic E-state index is 0.0592. The molecule has 1 atom stereocenters. The molecule has 0 bridgehead atoms. The molecule has 4 nitrogen and oxygen atoms in total. The van der Waals surface area contributed by atoms with Crippen LogP contribution in [0.15, 0.2) is 6.07 Å². The zero-order valence-corrected chi connectivity index (χ0v) is 9.99. The number of Topliss-reactive ketones (excluding diaryl/α,β-unsaturated/α-hetero) is 1. The first-order chi connectivity index (χ1) is 7.66. The summed E-state index contributed by atoms with van der Waals surface area (Å²) in [6.07, 6.45) is 3.83. The predicted molar refractivity (Wildman–Crippen MR) is 62.3 cm³/mol. The zero-order valence-electron chi connectivity index (χ0n) is 9.99. The van der Waals surface area contributed by atoms with Crippen LogP contribution in [0.3, 0.4) is 0 Å². The molecule has 88 valence electrons. The Morgan fingerprint density at radius 3 is 3.00 bits per heavy atom. The standard InChI is InChI=1S/C12H19N3O/c1-9-7-10(15(2)14-9)8-12(16)11-5-3-4-6-13-11/h7,11,13H,3-6,8H2,1-2H3. The number of nitrogens with one attached hydrogen (secondary N) is 1. The van der Waals surface area contributed by atoms with E-state index in [1.165, 1.54) is 6.42 Å². The minimum Gasteiger partial charge on any atom is -0.307 e. The molecule has 4 heteroatoms. The van der Waals surface area contributed by atoms with E-state index in [1.54, 1.807) is 4.68 Å². The van der Waals surface area contributed by atoms with Gasteiger partial charge in [-0.3, -0.25) is 9.48 Å². The number of aryl methyl sites for hydroxylation is 2. The molecule has 0 spiro atoms. The van der Waals surface area contributed by atoms with Crippen LogP contribution in [0.2, 0.25) is 0 Å². The molecule has 0 aliphatic carbocycles. The Kier molecular flexibility index (Phi) is 3.39. The SMILES string of the molecule is Cc1cc(CC(=O)C2CCCCN2)n(C)n1. The Labute approximate surface area is 96.0 Å². The number of carbonyl (C=O) groups excluding carboxylic acids is 1. The molecule has 1 aromatic rings. The van der Waals surface area contributed by atoms with Gasteiger partial charge in [0.1, 0.15) is 0 Å². The van der Waals surface area contributed by atoms with Crippen LogP contribution in [0.1, 0.15) is 30.7 Å². The molecule has 1 N–H and O–H groups in total. The molecule has 0 amide bonds. The quantitative estimate of drug-likeness (QED) is 0.827. The molecule has 1 aliphatic rings. The summed E-state index contributed by atoms with van der Waals surface area (Å²) in [6.45, 7) is 2.92. The van der Waals surface area contributed by atoms with Gasteiger partial charge in [-0.15, -0.1) is 0 Å². The van der Waals surface area contributed by atoms with E-state index < -0.39 is 0 Å². The van der Waals surface area contributed by atoms with Crippen LogP contribution < -0.4 is 5.32 Å². The molecule has 0 aromatic carbocycles. The lowest BCUT2D eigenvalue weighted by molar-refractivity contribution is -0.121. The summed E-state index contributed by atoms with van der Waals surface area (Å²) in [4.78, 5) is 12.0. The molecule has 1 aliphatic heterocycles. The number of rotatable bonds is 3. The molecule has 0 radical (unpaired) electrons. The van der Waals surface area contributed by atoms with E-state index in [1.807, 2.05) is 20.0 Å². The van der Waals surface area contributed by atoms with Crippen molar-refractivity contribution in [1.29, 1.82) is 0 Å². The average molecular weight is 221 g/mol. The number of ketones is 1. The number of piperidine rings is 1. The first-order valence-corrected chi connectivity index (χ1v) is 5.92. The number of hydrogen-bond acceptors (Lipinski definition) is 3. The van der Waals surface area contributed by atoms with E-state index in [9.17, 15) is 4.79 Å². The van der Waals surface area contributed by atoms with Gasteiger partial charge in [0, 0.05) is 19.2 Å². The monoisotopic (exact) mass is 221 g/mol. The van der Waals surface area contributed by atoms with Crippen molar-refractivity contribution in [3.63, 3.8) is 0 Å². The minimum absolute atomic E-state index is 0.0592. The summed E-state index contributed by atoms with van der Waals surface area (Å²) in [5.41, 5.74) is 1.98. The van der Waals surface area contributed by atoms with Crippen LogP contribution >= 0.6 is 0 Å². The van der Waals surface area contributed by atoms with E-state index in [4.69, 9.17) is 0 Å². The van der Waals surface area contributed by atoms with Crippen molar-refractivity contribution < 1.29 is 4.79 Å². The van der Waals surface area contributed by atoms with E-state index in [2.05, 4.69) is 10.4 Å². The van der Waals surface area contributed by atoms with Crippen molar-refractivity contribution in [2.24, 2.45) is 7.05 Å². The van der Waals surface area contributed by atoms with E-state index in [0.717, 1.165) is 30.8 Å². The third-order valence-corrected chi connectivity index (χ3v) is 3.15. The Hall–Kier alpha value is -1.16. The summed E-state index contributed by atoms with van der Waals surface area (Å²) < 4.78 is 1.80. The zero-order chi connectivity index (χ0) is 11.5. The summed E-state index contributed by atoms with van der Waals surface area (Å²) in [5.74, 6) is 0.294. The lowest BCUT2D eigenvalue weighted by Crippen LogP contribution is -2.41. The van der Waals surface area contributed by atoms with Crippen molar-refractivity contribution in [3.8, 4) is 0 Å². The first-order valence-electron chi connectivity index (χ1n) is 5.92. The molecule has 0 saturated carbocycles. The van der Waals surface area contributed by atoms with E-state index in [-0.39, 0.29) is 6.04 Å². The number of hydrogen-bond donors (Lipinski definition) is 1. The number of carbonyl (C=O) groups is 1. The third kappa shape index (κ3) is 2.50. The smallest absolute Gasteiger partial charge is 0.155 e. The maximum atomic E-state index is 12.0. The summed E-state index contributed by atoms with van der Waals surface area (Å²) in [5, 5.41) is 7.54. The van der Waals surface area contributed by atoms with E-state index >= 15 is 0 Å². The summed E-state index contributed by atoms with van der Waals surface area (Å²) >= 11 is 0. The topological polar surface area (TPSA) is 46.9 Å². The van der Waals surface area contributed by atoms with Crippen molar-refractivity contribution in [1.82, 2.24) is 15.1 Å². The van der Waals surface area contributed by atoms with Gasteiger partial charge in [-0.1, -0.05) is 6.42 Å². The number of nitrogens with zero attached hydrogens (tertiary/aromatic N) is 2. The van der Waals surface area contributed by atoms with Gasteiger partial charge in [0.15, 0.2) is 5.78 Å². The van der Waals surface area contributed by atoms with Crippen LogP contribution in [0.5, 0.6) is 0 Å². The van der Waals surface area contributed by atoms with Gasteiger partial charge in [0.2, 0.25) is 0 Å². The molecule has 2 rings (SSSR count). The van der Waals surface area contributed by atoms with Crippen LogP contribution in [0.4, 0.5) is 0 Å². The van der Waals surface area contributed by atoms with Gasteiger partial charge in [-0.2, -0.15) is 5.10 Å². The van der Waals surface area contributed by atoms with Crippen molar-refractivity contribution >= 4 is 5.78 Å². The van der Waals surface area contributed by atoms with Crippen LogP contribution in [-0.4, -0.2) is 28.2 Å². The molecule has 1 saturated heterocycles. The van der Waals surface area contributed by atoms with Crippen molar-refractivity contribution in [3.05, 3.63) is 17.5 Å².